The maximum Gasteiger partial charge on any atom is 0.0309 e. The van der Waals surface area contributed by atoms with Crippen molar-refractivity contribution >= 4 is 0 Å². The third kappa shape index (κ3) is 1.51. The van der Waals surface area contributed by atoms with Crippen molar-refractivity contribution in [2.75, 3.05) is 13.1 Å². The van der Waals surface area contributed by atoms with Crippen LogP contribution >= 0.6 is 0 Å². The summed E-state index contributed by atoms with van der Waals surface area (Å²) < 4.78 is 0. The van der Waals surface area contributed by atoms with E-state index in [1.165, 1.54) is 25.9 Å². The molecule has 19 heavy (non-hydrogen) atoms. The van der Waals surface area contributed by atoms with E-state index < -0.39 is 0 Å². The molecular formula is C17H28N2. The van der Waals surface area contributed by atoms with Gasteiger partial charge in [-0.25, -0.2) is 0 Å². The van der Waals surface area contributed by atoms with Gasteiger partial charge in [0.2, 0.25) is 0 Å². The van der Waals surface area contributed by atoms with E-state index in [0.29, 0.717) is 5.54 Å². The highest BCUT2D eigenvalue weighted by Gasteiger charge is 2.67. The minimum Gasteiger partial charge on any atom is -0.308 e. The van der Waals surface area contributed by atoms with Crippen LogP contribution in [0.25, 0.3) is 0 Å². The van der Waals surface area contributed by atoms with Crippen molar-refractivity contribution in [3.05, 3.63) is 0 Å². The molecule has 2 nitrogen and oxygen atoms in total. The first-order chi connectivity index (χ1) is 9.17. The number of nitrogens with one attached hydrogen (secondary N) is 1. The van der Waals surface area contributed by atoms with Gasteiger partial charge in [0.1, 0.15) is 0 Å². The largest absolute Gasteiger partial charge is 0.308 e. The van der Waals surface area contributed by atoms with E-state index in [9.17, 15) is 0 Å². The fourth-order valence-electron chi connectivity index (χ4n) is 6.20. The Morgan fingerprint density at radius 1 is 1.05 bits per heavy atom. The molecule has 0 radical (unpaired) electrons. The number of piperazine rings is 1. The summed E-state index contributed by atoms with van der Waals surface area (Å²) in [5, 5.41) is 3.88. The average molecular weight is 260 g/mol. The molecule has 5 aliphatic rings. The summed E-state index contributed by atoms with van der Waals surface area (Å²) in [4.78, 5) is 2.94. The van der Waals surface area contributed by atoms with E-state index in [4.69, 9.17) is 0 Å². The lowest BCUT2D eigenvalue weighted by Gasteiger charge is -2.46. The van der Waals surface area contributed by atoms with Gasteiger partial charge < -0.3 is 5.32 Å². The van der Waals surface area contributed by atoms with Gasteiger partial charge in [0.25, 0.3) is 0 Å². The molecule has 1 heterocycles. The Hall–Kier alpha value is -0.0800. The van der Waals surface area contributed by atoms with Crippen LogP contribution in [-0.2, 0) is 0 Å². The molecule has 4 saturated carbocycles. The lowest BCUT2D eigenvalue weighted by molar-refractivity contribution is 0.0619. The van der Waals surface area contributed by atoms with Gasteiger partial charge in [-0.05, 0) is 75.5 Å². The minimum absolute atomic E-state index is 0.433. The van der Waals surface area contributed by atoms with Crippen molar-refractivity contribution < 1.29 is 0 Å². The van der Waals surface area contributed by atoms with Crippen LogP contribution in [0.4, 0.5) is 0 Å². The van der Waals surface area contributed by atoms with Gasteiger partial charge >= 0.3 is 0 Å². The van der Waals surface area contributed by atoms with Crippen molar-refractivity contribution in [3.63, 3.8) is 0 Å². The number of nitrogens with zero attached hydrogens (tertiary/aromatic N) is 1. The van der Waals surface area contributed by atoms with Crippen LogP contribution in [0.2, 0.25) is 0 Å². The Bertz CT molecular complexity index is 388. The normalized spacial score (nSPS) is 60.3. The van der Waals surface area contributed by atoms with Crippen LogP contribution < -0.4 is 5.32 Å². The zero-order valence-corrected chi connectivity index (χ0v) is 12.4. The Balaban J connectivity index is 1.37. The highest BCUT2D eigenvalue weighted by atomic mass is 15.3. The van der Waals surface area contributed by atoms with Gasteiger partial charge in [0.05, 0.1) is 0 Å². The van der Waals surface area contributed by atoms with E-state index in [1.807, 2.05) is 0 Å². The maximum atomic E-state index is 3.88. The predicted molar refractivity (Wildman–Crippen MR) is 76.9 cm³/mol. The van der Waals surface area contributed by atoms with Crippen molar-refractivity contribution in [1.82, 2.24) is 10.2 Å². The molecule has 4 aliphatic carbocycles. The molecule has 1 N–H and O–H groups in total. The number of rotatable bonds is 2. The molecule has 0 aromatic rings. The van der Waals surface area contributed by atoms with Crippen LogP contribution in [0.5, 0.6) is 0 Å². The van der Waals surface area contributed by atoms with E-state index >= 15 is 0 Å². The van der Waals surface area contributed by atoms with E-state index in [1.54, 1.807) is 19.3 Å². The standard InChI is InChI=1S/C17H28N2/c1-10-8-18-17(2,13-5-6-13)9-19(10)16-14-11-3-4-12(7-11)15(14)16/h10-16,18H,3-9H2,1-2H3. The van der Waals surface area contributed by atoms with Crippen LogP contribution in [0.3, 0.4) is 0 Å². The average Bonchev–Trinajstić information content (AvgIpc) is 3.31. The van der Waals surface area contributed by atoms with Gasteiger partial charge in [-0.1, -0.05) is 0 Å². The first-order valence-electron chi connectivity index (χ1n) is 8.68. The third-order valence-electron chi connectivity index (χ3n) is 7.43. The smallest absolute Gasteiger partial charge is 0.0309 e. The SMILES string of the molecule is CC1CNC(C)(C2CC2)CN1C1C2C3CCC(C3)C21. The Morgan fingerprint density at radius 3 is 2.37 bits per heavy atom. The highest BCUT2D eigenvalue weighted by molar-refractivity contribution is 5.19. The first kappa shape index (κ1) is 11.6. The molecule has 0 spiro atoms. The van der Waals surface area contributed by atoms with E-state index in [2.05, 4.69) is 24.1 Å². The molecule has 2 bridgehead atoms. The number of fused-ring (bicyclic) bond motifs is 5. The van der Waals surface area contributed by atoms with E-state index in [0.717, 1.165) is 41.7 Å². The quantitative estimate of drug-likeness (QED) is 0.820. The van der Waals surface area contributed by atoms with Gasteiger partial charge in [0.15, 0.2) is 0 Å². The van der Waals surface area contributed by atoms with Gasteiger partial charge in [-0.3, -0.25) is 4.90 Å². The molecule has 6 unspecified atom stereocenters. The zero-order chi connectivity index (χ0) is 12.8. The van der Waals surface area contributed by atoms with Crippen molar-refractivity contribution in [3.8, 4) is 0 Å². The van der Waals surface area contributed by atoms with Gasteiger partial charge in [0, 0.05) is 30.7 Å². The lowest BCUT2D eigenvalue weighted by atomic mass is 9.90. The lowest BCUT2D eigenvalue weighted by Crippen LogP contribution is -2.64. The third-order valence-corrected chi connectivity index (χ3v) is 7.43. The Labute approximate surface area is 117 Å². The highest BCUT2D eigenvalue weighted by Crippen LogP contribution is 2.67. The monoisotopic (exact) mass is 260 g/mol. The predicted octanol–water partition coefficient (Wildman–Crippen LogP) is 2.49. The summed E-state index contributed by atoms with van der Waals surface area (Å²) in [5.74, 6) is 5.44. The topological polar surface area (TPSA) is 15.3 Å². The molecule has 5 rings (SSSR count). The van der Waals surface area contributed by atoms with Crippen LogP contribution in [0.1, 0.15) is 46.0 Å². The Kier molecular flexibility index (Phi) is 2.17. The fourth-order valence-corrected chi connectivity index (χ4v) is 6.20. The van der Waals surface area contributed by atoms with Crippen molar-refractivity contribution in [2.24, 2.45) is 29.6 Å². The molecular weight excluding hydrogens is 232 g/mol. The molecule has 0 amide bonds. The molecule has 106 valence electrons. The first-order valence-corrected chi connectivity index (χ1v) is 8.68. The van der Waals surface area contributed by atoms with Crippen LogP contribution in [0.15, 0.2) is 0 Å². The fraction of sp³-hybridized carbons (Fsp3) is 1.00. The molecule has 0 aromatic heterocycles. The van der Waals surface area contributed by atoms with Crippen LogP contribution in [0, 0.1) is 29.6 Å². The zero-order valence-electron chi connectivity index (χ0n) is 12.4. The second-order valence-corrected chi connectivity index (χ2v) is 8.57. The van der Waals surface area contributed by atoms with Crippen molar-refractivity contribution in [2.45, 2.75) is 63.6 Å². The summed E-state index contributed by atoms with van der Waals surface area (Å²) in [6.45, 7) is 7.50. The van der Waals surface area contributed by atoms with Gasteiger partial charge in [-0.2, -0.15) is 0 Å². The second-order valence-electron chi connectivity index (χ2n) is 8.57. The summed E-state index contributed by atoms with van der Waals surface area (Å²) in [6.07, 6.45) is 7.64. The Morgan fingerprint density at radius 2 is 1.74 bits per heavy atom. The molecule has 5 fully saturated rings. The maximum absolute atomic E-state index is 3.88. The van der Waals surface area contributed by atoms with Crippen LogP contribution in [-0.4, -0.2) is 35.6 Å². The van der Waals surface area contributed by atoms with Crippen molar-refractivity contribution in [1.29, 1.82) is 0 Å². The second kappa shape index (κ2) is 3.57. The molecule has 6 atom stereocenters. The summed E-state index contributed by atoms with van der Waals surface area (Å²) >= 11 is 0. The van der Waals surface area contributed by atoms with Gasteiger partial charge in [-0.15, -0.1) is 0 Å². The summed E-state index contributed by atoms with van der Waals surface area (Å²) in [5.41, 5.74) is 0.433. The summed E-state index contributed by atoms with van der Waals surface area (Å²) in [6, 6.07) is 1.75. The number of hydrogen-bond acceptors (Lipinski definition) is 2. The van der Waals surface area contributed by atoms with E-state index in [-0.39, 0.29) is 0 Å². The summed E-state index contributed by atoms with van der Waals surface area (Å²) in [7, 11) is 0. The molecule has 0 aromatic carbocycles. The molecule has 2 heteroatoms. The molecule has 1 aliphatic heterocycles. The number of hydrogen-bond donors (Lipinski definition) is 1. The minimum atomic E-state index is 0.433. The molecule has 1 saturated heterocycles.